The lowest BCUT2D eigenvalue weighted by Crippen LogP contribution is -2.19. The van der Waals surface area contributed by atoms with Crippen molar-refractivity contribution < 1.29 is 4.74 Å². The number of tetrazole rings is 1. The summed E-state index contributed by atoms with van der Waals surface area (Å²) < 4.78 is 8.24. The van der Waals surface area contributed by atoms with E-state index in [0.29, 0.717) is 11.6 Å². The fourth-order valence-electron chi connectivity index (χ4n) is 2.49. The molecular formula is C13H16BrN5O. The molecule has 2 atom stereocenters. The molecule has 2 unspecified atom stereocenters. The second kappa shape index (κ2) is 5.49. The van der Waals surface area contributed by atoms with E-state index in [1.165, 1.54) is 0 Å². The van der Waals surface area contributed by atoms with E-state index < -0.39 is 0 Å². The molecule has 20 heavy (non-hydrogen) atoms. The van der Waals surface area contributed by atoms with E-state index in [0.717, 1.165) is 35.5 Å². The SMILES string of the molecule is CC(C1CCOC1)n1nnnc1-c1cc(N)ccc1Br. The Morgan fingerprint density at radius 3 is 3.10 bits per heavy atom. The number of rotatable bonds is 3. The smallest absolute Gasteiger partial charge is 0.183 e. The van der Waals surface area contributed by atoms with Gasteiger partial charge in [-0.2, -0.15) is 0 Å². The lowest BCUT2D eigenvalue weighted by molar-refractivity contribution is 0.173. The van der Waals surface area contributed by atoms with E-state index in [2.05, 4.69) is 38.4 Å². The van der Waals surface area contributed by atoms with E-state index in [-0.39, 0.29) is 6.04 Å². The lowest BCUT2D eigenvalue weighted by atomic mass is 10.0. The summed E-state index contributed by atoms with van der Waals surface area (Å²) in [6.07, 6.45) is 1.04. The summed E-state index contributed by atoms with van der Waals surface area (Å²) in [7, 11) is 0. The molecule has 1 fully saturated rings. The van der Waals surface area contributed by atoms with Gasteiger partial charge in [0.25, 0.3) is 0 Å². The normalized spacial score (nSPS) is 20.2. The number of nitrogens with zero attached hydrogens (tertiary/aromatic N) is 4. The van der Waals surface area contributed by atoms with Gasteiger partial charge in [-0.25, -0.2) is 4.68 Å². The summed E-state index contributed by atoms with van der Waals surface area (Å²) in [5.74, 6) is 1.17. The highest BCUT2D eigenvalue weighted by Gasteiger charge is 2.27. The van der Waals surface area contributed by atoms with E-state index >= 15 is 0 Å². The van der Waals surface area contributed by atoms with Crippen LogP contribution in [-0.2, 0) is 4.74 Å². The summed E-state index contributed by atoms with van der Waals surface area (Å²) in [5, 5.41) is 12.1. The van der Waals surface area contributed by atoms with Crippen molar-refractivity contribution in [1.82, 2.24) is 20.2 Å². The maximum Gasteiger partial charge on any atom is 0.183 e. The first-order valence-corrected chi connectivity index (χ1v) is 7.37. The monoisotopic (exact) mass is 337 g/mol. The molecule has 1 aromatic carbocycles. The van der Waals surface area contributed by atoms with Gasteiger partial charge in [-0.1, -0.05) is 15.9 Å². The molecule has 1 aliphatic rings. The zero-order chi connectivity index (χ0) is 14.1. The van der Waals surface area contributed by atoms with Crippen LogP contribution in [0.4, 0.5) is 5.69 Å². The molecule has 2 N–H and O–H groups in total. The highest BCUT2D eigenvalue weighted by Crippen LogP contribution is 2.32. The second-order valence-corrected chi connectivity index (χ2v) is 5.90. The zero-order valence-corrected chi connectivity index (χ0v) is 12.7. The second-order valence-electron chi connectivity index (χ2n) is 5.05. The van der Waals surface area contributed by atoms with Crippen LogP contribution in [0.2, 0.25) is 0 Å². The molecular weight excluding hydrogens is 322 g/mol. The Hall–Kier alpha value is -1.47. The Morgan fingerprint density at radius 2 is 2.35 bits per heavy atom. The average molecular weight is 338 g/mol. The maximum atomic E-state index is 5.86. The summed E-state index contributed by atoms with van der Waals surface area (Å²) in [5.41, 5.74) is 7.46. The van der Waals surface area contributed by atoms with Crippen molar-refractivity contribution >= 4 is 21.6 Å². The van der Waals surface area contributed by atoms with E-state index in [1.54, 1.807) is 0 Å². The van der Waals surface area contributed by atoms with Crippen LogP contribution in [0.3, 0.4) is 0 Å². The molecule has 3 rings (SSSR count). The Balaban J connectivity index is 1.99. The fraction of sp³-hybridized carbons (Fsp3) is 0.462. The van der Waals surface area contributed by atoms with Crippen LogP contribution in [0.25, 0.3) is 11.4 Å². The maximum absolute atomic E-state index is 5.86. The predicted octanol–water partition coefficient (Wildman–Crippen LogP) is 2.28. The predicted molar refractivity (Wildman–Crippen MR) is 79.0 cm³/mol. The van der Waals surface area contributed by atoms with Crippen LogP contribution in [-0.4, -0.2) is 33.4 Å². The highest BCUT2D eigenvalue weighted by molar-refractivity contribution is 9.10. The largest absolute Gasteiger partial charge is 0.399 e. The minimum atomic E-state index is 0.191. The zero-order valence-electron chi connectivity index (χ0n) is 11.2. The molecule has 0 radical (unpaired) electrons. The van der Waals surface area contributed by atoms with Crippen LogP contribution in [0.1, 0.15) is 19.4 Å². The number of hydrogen-bond acceptors (Lipinski definition) is 5. The van der Waals surface area contributed by atoms with Gasteiger partial charge in [-0.3, -0.25) is 0 Å². The average Bonchev–Trinajstić information content (AvgIpc) is 3.11. The first-order valence-electron chi connectivity index (χ1n) is 6.58. The quantitative estimate of drug-likeness (QED) is 0.869. The first kappa shape index (κ1) is 13.5. The van der Waals surface area contributed by atoms with Crippen LogP contribution in [0, 0.1) is 5.92 Å². The van der Waals surface area contributed by atoms with Gasteiger partial charge in [0.1, 0.15) is 0 Å². The van der Waals surface area contributed by atoms with Gasteiger partial charge in [-0.05, 0) is 42.0 Å². The third kappa shape index (κ3) is 2.43. The number of aromatic nitrogens is 4. The Bertz CT molecular complexity index is 609. The number of nitrogen functional groups attached to an aromatic ring is 1. The van der Waals surface area contributed by atoms with Crippen molar-refractivity contribution in [3.63, 3.8) is 0 Å². The standard InChI is InChI=1S/C13H16BrN5O/c1-8(9-4-5-20-7-9)19-13(16-17-18-19)11-6-10(15)2-3-12(11)14/h2-3,6,8-9H,4-5,7,15H2,1H3. The van der Waals surface area contributed by atoms with Gasteiger partial charge < -0.3 is 10.5 Å². The van der Waals surface area contributed by atoms with Gasteiger partial charge in [0.05, 0.1) is 12.6 Å². The number of ether oxygens (including phenoxy) is 1. The van der Waals surface area contributed by atoms with Gasteiger partial charge in [0.2, 0.25) is 0 Å². The van der Waals surface area contributed by atoms with Crippen molar-refractivity contribution in [1.29, 1.82) is 0 Å². The number of hydrogen-bond donors (Lipinski definition) is 1. The molecule has 2 heterocycles. The summed E-state index contributed by atoms with van der Waals surface area (Å²) in [6.45, 7) is 3.70. The fourth-order valence-corrected chi connectivity index (χ4v) is 2.92. The minimum Gasteiger partial charge on any atom is -0.399 e. The molecule has 1 aromatic heterocycles. The molecule has 2 aromatic rings. The molecule has 1 aliphatic heterocycles. The van der Waals surface area contributed by atoms with Crippen molar-refractivity contribution in [2.45, 2.75) is 19.4 Å². The molecule has 7 heteroatoms. The number of halogens is 1. The molecule has 0 amide bonds. The topological polar surface area (TPSA) is 78.8 Å². The van der Waals surface area contributed by atoms with E-state index in [4.69, 9.17) is 10.5 Å². The van der Waals surface area contributed by atoms with Gasteiger partial charge in [0.15, 0.2) is 5.82 Å². The van der Waals surface area contributed by atoms with Crippen molar-refractivity contribution in [3.05, 3.63) is 22.7 Å². The summed E-state index contributed by atoms with van der Waals surface area (Å²) in [6, 6.07) is 5.82. The molecule has 6 nitrogen and oxygen atoms in total. The van der Waals surface area contributed by atoms with Gasteiger partial charge in [0, 0.05) is 28.2 Å². The van der Waals surface area contributed by atoms with Crippen molar-refractivity contribution in [3.8, 4) is 11.4 Å². The third-order valence-electron chi connectivity index (χ3n) is 3.76. The van der Waals surface area contributed by atoms with E-state index in [9.17, 15) is 0 Å². The van der Waals surface area contributed by atoms with Crippen molar-refractivity contribution in [2.24, 2.45) is 5.92 Å². The summed E-state index contributed by atoms with van der Waals surface area (Å²) >= 11 is 3.53. The summed E-state index contributed by atoms with van der Waals surface area (Å²) in [4.78, 5) is 0. The van der Waals surface area contributed by atoms with Crippen LogP contribution in [0.15, 0.2) is 22.7 Å². The lowest BCUT2D eigenvalue weighted by Gasteiger charge is -2.19. The number of benzene rings is 1. The molecule has 0 saturated carbocycles. The van der Waals surface area contributed by atoms with Crippen LogP contribution < -0.4 is 5.73 Å². The highest BCUT2D eigenvalue weighted by atomic mass is 79.9. The van der Waals surface area contributed by atoms with Gasteiger partial charge in [-0.15, -0.1) is 5.10 Å². The minimum absolute atomic E-state index is 0.191. The Labute approximate surface area is 125 Å². The third-order valence-corrected chi connectivity index (χ3v) is 4.45. The molecule has 0 bridgehead atoms. The van der Waals surface area contributed by atoms with E-state index in [1.807, 2.05) is 22.9 Å². The van der Waals surface area contributed by atoms with Gasteiger partial charge >= 0.3 is 0 Å². The Kier molecular flexibility index (Phi) is 3.71. The Morgan fingerprint density at radius 1 is 1.50 bits per heavy atom. The molecule has 0 aliphatic carbocycles. The van der Waals surface area contributed by atoms with Crippen LogP contribution in [0.5, 0.6) is 0 Å². The number of anilines is 1. The molecule has 106 valence electrons. The molecule has 1 saturated heterocycles. The molecule has 0 spiro atoms. The first-order chi connectivity index (χ1) is 9.66. The van der Waals surface area contributed by atoms with Crippen molar-refractivity contribution in [2.75, 3.05) is 18.9 Å². The van der Waals surface area contributed by atoms with Crippen LogP contribution >= 0.6 is 15.9 Å². The number of nitrogens with two attached hydrogens (primary N) is 1.